The summed E-state index contributed by atoms with van der Waals surface area (Å²) in [6.45, 7) is 0. The molecule has 0 saturated heterocycles. The van der Waals surface area contributed by atoms with Crippen molar-refractivity contribution in [3.8, 4) is 0 Å². The number of carboxylic acid groups (broad SMARTS) is 1. The molecule has 1 aliphatic carbocycles. The van der Waals surface area contributed by atoms with Gasteiger partial charge in [-0.3, -0.25) is 0 Å². The summed E-state index contributed by atoms with van der Waals surface area (Å²) in [6.07, 6.45) is 3.28. The number of halogens is 1. The third kappa shape index (κ3) is 2.88. The van der Waals surface area contributed by atoms with Crippen molar-refractivity contribution in [3.05, 3.63) is 64.2 Å². The second kappa shape index (κ2) is 5.78. The van der Waals surface area contributed by atoms with Crippen LogP contribution in [0.4, 0.5) is 5.69 Å². The molecule has 3 rings (SSSR count). The number of rotatable bonds is 3. The molecule has 2 aromatic carbocycles. The van der Waals surface area contributed by atoms with Gasteiger partial charge >= 0.3 is 5.97 Å². The van der Waals surface area contributed by atoms with E-state index in [1.54, 1.807) is 12.1 Å². The Morgan fingerprint density at radius 2 is 2.05 bits per heavy atom. The van der Waals surface area contributed by atoms with Gasteiger partial charge in [-0.2, -0.15) is 0 Å². The fourth-order valence-corrected chi connectivity index (χ4v) is 3.08. The van der Waals surface area contributed by atoms with Gasteiger partial charge in [0.2, 0.25) is 0 Å². The van der Waals surface area contributed by atoms with Gasteiger partial charge in [0.1, 0.15) is 0 Å². The van der Waals surface area contributed by atoms with E-state index in [1.807, 2.05) is 12.1 Å². The maximum absolute atomic E-state index is 11.2. The number of hydrogen-bond acceptors (Lipinski definition) is 2. The first-order valence-corrected chi connectivity index (χ1v) is 7.40. The smallest absolute Gasteiger partial charge is 0.337 e. The van der Waals surface area contributed by atoms with Gasteiger partial charge in [-0.15, -0.1) is 0 Å². The van der Waals surface area contributed by atoms with E-state index in [1.165, 1.54) is 11.1 Å². The van der Waals surface area contributed by atoms with Crippen LogP contribution in [0.5, 0.6) is 0 Å². The second-order valence-electron chi connectivity index (χ2n) is 5.29. The van der Waals surface area contributed by atoms with Crippen molar-refractivity contribution in [1.82, 2.24) is 0 Å². The van der Waals surface area contributed by atoms with Crippen molar-refractivity contribution in [3.63, 3.8) is 0 Å². The topological polar surface area (TPSA) is 49.3 Å². The lowest BCUT2D eigenvalue weighted by Crippen LogP contribution is -2.17. The summed E-state index contributed by atoms with van der Waals surface area (Å²) in [4.78, 5) is 11.2. The van der Waals surface area contributed by atoms with Crippen LogP contribution in [0.25, 0.3) is 0 Å². The highest BCUT2D eigenvalue weighted by Gasteiger charge is 2.20. The van der Waals surface area contributed by atoms with Crippen LogP contribution in [-0.4, -0.2) is 11.1 Å². The van der Waals surface area contributed by atoms with Crippen molar-refractivity contribution in [1.29, 1.82) is 0 Å². The van der Waals surface area contributed by atoms with E-state index in [-0.39, 0.29) is 16.6 Å². The number of carbonyl (C=O) groups is 1. The lowest BCUT2D eigenvalue weighted by molar-refractivity contribution is 0.0697. The number of fused-ring (bicyclic) bond motifs is 1. The highest BCUT2D eigenvalue weighted by atomic mass is 35.5. The summed E-state index contributed by atoms with van der Waals surface area (Å²) >= 11 is 5.91. The molecule has 1 atom stereocenters. The summed E-state index contributed by atoms with van der Waals surface area (Å²) in [6, 6.07) is 13.7. The number of aryl methyl sites for hydroxylation is 1. The maximum Gasteiger partial charge on any atom is 0.337 e. The van der Waals surface area contributed by atoms with Crippen LogP contribution >= 0.6 is 11.6 Å². The normalized spacial score (nSPS) is 17.1. The molecule has 2 aromatic rings. The van der Waals surface area contributed by atoms with E-state index >= 15 is 0 Å². The SMILES string of the molecule is O=C(O)c1cc(NC2CCCc3ccccc32)ccc1Cl. The molecule has 21 heavy (non-hydrogen) atoms. The van der Waals surface area contributed by atoms with Crippen molar-refractivity contribution in [2.45, 2.75) is 25.3 Å². The Hall–Kier alpha value is -2.00. The van der Waals surface area contributed by atoms with Gasteiger partial charge in [-0.25, -0.2) is 4.79 Å². The molecule has 0 fully saturated rings. The molecule has 0 radical (unpaired) electrons. The van der Waals surface area contributed by atoms with Gasteiger partial charge in [0.25, 0.3) is 0 Å². The standard InChI is InChI=1S/C17H16ClNO2/c18-15-9-8-12(10-14(15)17(20)21)19-16-7-3-5-11-4-1-2-6-13(11)16/h1-2,4,6,8-10,16,19H,3,5,7H2,(H,20,21). The van der Waals surface area contributed by atoms with Crippen LogP contribution in [0.3, 0.4) is 0 Å². The summed E-state index contributed by atoms with van der Waals surface area (Å²) in [5.74, 6) is -1.01. The van der Waals surface area contributed by atoms with Crippen LogP contribution in [0.1, 0.15) is 40.4 Å². The van der Waals surface area contributed by atoms with E-state index < -0.39 is 5.97 Å². The van der Waals surface area contributed by atoms with Crippen LogP contribution in [0.15, 0.2) is 42.5 Å². The third-order valence-corrected chi connectivity index (χ3v) is 4.24. The predicted molar refractivity (Wildman–Crippen MR) is 84.2 cm³/mol. The summed E-state index contributed by atoms with van der Waals surface area (Å²) in [7, 11) is 0. The molecule has 4 heteroatoms. The largest absolute Gasteiger partial charge is 0.478 e. The number of aromatic carboxylic acids is 1. The van der Waals surface area contributed by atoms with Gasteiger partial charge < -0.3 is 10.4 Å². The summed E-state index contributed by atoms with van der Waals surface area (Å²) < 4.78 is 0. The molecule has 0 bridgehead atoms. The molecule has 0 amide bonds. The van der Waals surface area contributed by atoms with Gasteiger partial charge in [-0.05, 0) is 48.6 Å². The number of anilines is 1. The van der Waals surface area contributed by atoms with Crippen LogP contribution in [0, 0.1) is 0 Å². The molecule has 2 N–H and O–H groups in total. The minimum Gasteiger partial charge on any atom is -0.478 e. The molecule has 108 valence electrons. The Morgan fingerprint density at radius 1 is 1.24 bits per heavy atom. The quantitative estimate of drug-likeness (QED) is 0.876. The van der Waals surface area contributed by atoms with Crippen molar-refractivity contribution >= 4 is 23.3 Å². The van der Waals surface area contributed by atoms with Crippen LogP contribution < -0.4 is 5.32 Å². The Balaban J connectivity index is 1.88. The number of benzene rings is 2. The zero-order chi connectivity index (χ0) is 14.8. The van der Waals surface area contributed by atoms with Gasteiger partial charge in [0.15, 0.2) is 0 Å². The van der Waals surface area contributed by atoms with Crippen molar-refractivity contribution in [2.75, 3.05) is 5.32 Å². The third-order valence-electron chi connectivity index (χ3n) is 3.91. The van der Waals surface area contributed by atoms with E-state index in [2.05, 4.69) is 23.5 Å². The Kier molecular flexibility index (Phi) is 3.84. The Bertz CT molecular complexity index is 684. The monoisotopic (exact) mass is 301 g/mol. The molecular formula is C17H16ClNO2. The molecule has 0 aliphatic heterocycles. The fraction of sp³-hybridized carbons (Fsp3) is 0.235. The second-order valence-corrected chi connectivity index (χ2v) is 5.69. The lowest BCUT2D eigenvalue weighted by atomic mass is 9.87. The first kappa shape index (κ1) is 14.0. The van der Waals surface area contributed by atoms with Crippen molar-refractivity contribution < 1.29 is 9.90 Å². The predicted octanol–water partition coefficient (Wildman–Crippen LogP) is 4.53. The van der Waals surface area contributed by atoms with Crippen LogP contribution in [-0.2, 0) is 6.42 Å². The molecule has 0 aromatic heterocycles. The Morgan fingerprint density at radius 3 is 2.86 bits per heavy atom. The number of hydrogen-bond donors (Lipinski definition) is 2. The molecule has 1 aliphatic rings. The first-order valence-electron chi connectivity index (χ1n) is 7.02. The molecular weight excluding hydrogens is 286 g/mol. The molecule has 0 spiro atoms. The average Bonchev–Trinajstić information content (AvgIpc) is 2.49. The van der Waals surface area contributed by atoms with Gasteiger partial charge in [-0.1, -0.05) is 35.9 Å². The molecule has 0 heterocycles. The van der Waals surface area contributed by atoms with Crippen LogP contribution in [0.2, 0.25) is 5.02 Å². The average molecular weight is 302 g/mol. The van der Waals surface area contributed by atoms with Gasteiger partial charge in [0, 0.05) is 5.69 Å². The Labute approximate surface area is 128 Å². The molecule has 0 saturated carbocycles. The minimum absolute atomic E-state index is 0.130. The first-order chi connectivity index (χ1) is 10.1. The maximum atomic E-state index is 11.2. The van der Waals surface area contributed by atoms with E-state index in [0.717, 1.165) is 24.9 Å². The highest BCUT2D eigenvalue weighted by Crippen LogP contribution is 2.33. The van der Waals surface area contributed by atoms with E-state index in [4.69, 9.17) is 16.7 Å². The zero-order valence-electron chi connectivity index (χ0n) is 11.5. The van der Waals surface area contributed by atoms with Gasteiger partial charge in [0.05, 0.1) is 16.6 Å². The molecule has 3 nitrogen and oxygen atoms in total. The zero-order valence-corrected chi connectivity index (χ0v) is 12.2. The summed E-state index contributed by atoms with van der Waals surface area (Å²) in [5.41, 5.74) is 3.59. The highest BCUT2D eigenvalue weighted by molar-refractivity contribution is 6.33. The lowest BCUT2D eigenvalue weighted by Gasteiger charge is -2.27. The van der Waals surface area contributed by atoms with E-state index in [9.17, 15) is 4.79 Å². The number of carboxylic acids is 1. The summed E-state index contributed by atoms with van der Waals surface area (Å²) in [5, 5.41) is 12.8. The minimum atomic E-state index is -1.01. The number of nitrogens with one attached hydrogen (secondary N) is 1. The van der Waals surface area contributed by atoms with Crippen molar-refractivity contribution in [2.24, 2.45) is 0 Å². The fourth-order valence-electron chi connectivity index (χ4n) is 2.88. The molecule has 1 unspecified atom stereocenters. The van der Waals surface area contributed by atoms with E-state index in [0.29, 0.717) is 0 Å².